The Bertz CT molecular complexity index is 602. The molecule has 3 rings (SSSR count). The van der Waals surface area contributed by atoms with Crippen LogP contribution in [-0.4, -0.2) is 31.8 Å². The van der Waals surface area contributed by atoms with Gasteiger partial charge in [-0.1, -0.05) is 24.0 Å². The second-order valence-electron chi connectivity index (χ2n) is 6.00. The van der Waals surface area contributed by atoms with Crippen molar-refractivity contribution in [1.29, 1.82) is 0 Å². The van der Waals surface area contributed by atoms with Crippen LogP contribution >= 0.6 is 0 Å². The maximum atomic E-state index is 12.2. The molecule has 0 aromatic heterocycles. The molecule has 1 aromatic carbocycles. The molecule has 1 N–H and O–H groups in total. The van der Waals surface area contributed by atoms with Crippen LogP contribution in [0.2, 0.25) is 0 Å². The largest absolute Gasteiger partial charge is 0.469 e. The fraction of sp³-hybridized carbons (Fsp3) is 0.500. The molecule has 0 radical (unpaired) electrons. The van der Waals surface area contributed by atoms with Crippen LogP contribution in [0, 0.1) is 17.8 Å². The van der Waals surface area contributed by atoms with Crippen molar-refractivity contribution in [2.75, 3.05) is 13.8 Å². The zero-order valence-electron chi connectivity index (χ0n) is 12.6. The molecule has 2 saturated heterocycles. The maximum absolute atomic E-state index is 12.2. The monoisotopic (exact) mass is 301 g/mol. The van der Waals surface area contributed by atoms with E-state index in [0.29, 0.717) is 6.04 Å². The molecule has 3 nitrogen and oxygen atoms in total. The molecule has 4 heteroatoms. The summed E-state index contributed by atoms with van der Waals surface area (Å²) in [6, 6.07) is 8.51. The lowest BCUT2D eigenvalue weighted by Gasteiger charge is -2.36. The smallest absolute Gasteiger partial charge is 0.310 e. The van der Waals surface area contributed by atoms with E-state index in [2.05, 4.69) is 17.2 Å². The van der Waals surface area contributed by atoms with Gasteiger partial charge in [0, 0.05) is 23.6 Å². The normalized spacial score (nSPS) is 29.5. The van der Waals surface area contributed by atoms with E-state index >= 15 is 0 Å². The Morgan fingerprint density at radius 1 is 1.36 bits per heavy atom. The van der Waals surface area contributed by atoms with Crippen molar-refractivity contribution in [3.63, 3.8) is 0 Å². The maximum Gasteiger partial charge on any atom is 0.310 e. The van der Waals surface area contributed by atoms with E-state index in [0.717, 1.165) is 30.4 Å². The number of fused-ring (bicyclic) bond motifs is 2. The highest BCUT2D eigenvalue weighted by molar-refractivity contribution is 5.75. The first-order valence-corrected chi connectivity index (χ1v) is 7.71. The minimum Gasteiger partial charge on any atom is -0.469 e. The topological polar surface area (TPSA) is 38.3 Å². The number of alkyl halides is 1. The van der Waals surface area contributed by atoms with E-state index in [-0.39, 0.29) is 23.8 Å². The zero-order chi connectivity index (χ0) is 15.5. The molecule has 2 heterocycles. The van der Waals surface area contributed by atoms with E-state index in [1.165, 1.54) is 7.11 Å². The molecule has 4 atom stereocenters. The number of carbonyl (C=O) groups excluding carboxylic acids is 1. The average Bonchev–Trinajstić information content (AvgIpc) is 2.94. The van der Waals surface area contributed by atoms with Crippen LogP contribution < -0.4 is 5.32 Å². The molecule has 0 saturated carbocycles. The Morgan fingerprint density at radius 3 is 2.82 bits per heavy atom. The van der Waals surface area contributed by atoms with Crippen LogP contribution in [0.25, 0.3) is 0 Å². The number of methoxy groups -OCH3 is 1. The molecule has 0 aliphatic carbocycles. The molecule has 22 heavy (non-hydrogen) atoms. The van der Waals surface area contributed by atoms with Crippen molar-refractivity contribution in [2.45, 2.75) is 37.3 Å². The molecule has 2 fully saturated rings. The van der Waals surface area contributed by atoms with E-state index in [1.807, 2.05) is 24.3 Å². The molecular formula is C18H20FNO2. The summed E-state index contributed by atoms with van der Waals surface area (Å²) < 4.78 is 17.1. The molecule has 116 valence electrons. The van der Waals surface area contributed by atoms with Crippen molar-refractivity contribution in [2.24, 2.45) is 5.92 Å². The van der Waals surface area contributed by atoms with E-state index < -0.39 is 6.67 Å². The van der Waals surface area contributed by atoms with Gasteiger partial charge in [-0.15, -0.1) is 0 Å². The number of rotatable bonds is 2. The number of esters is 1. The standard InChI is InChI=1S/C18H20FNO2/c1-22-18(21)17-15(11-14-8-9-16(17)20-14)13-6-4-12(5-7-13)3-2-10-19/h4-7,14-17,20H,8-11H2,1H3. The van der Waals surface area contributed by atoms with Crippen LogP contribution in [0.4, 0.5) is 4.39 Å². The predicted molar refractivity (Wildman–Crippen MR) is 82.1 cm³/mol. The first-order valence-electron chi connectivity index (χ1n) is 7.71. The number of halogens is 1. The first kappa shape index (κ1) is 15.1. The molecule has 1 aromatic rings. The second-order valence-corrected chi connectivity index (χ2v) is 6.00. The van der Waals surface area contributed by atoms with Gasteiger partial charge in [0.05, 0.1) is 13.0 Å². The highest BCUT2D eigenvalue weighted by Crippen LogP contribution is 2.42. The van der Waals surface area contributed by atoms with Gasteiger partial charge in [-0.05, 0) is 37.0 Å². The van der Waals surface area contributed by atoms with E-state index in [1.54, 1.807) is 0 Å². The minimum atomic E-state index is -0.635. The molecule has 2 aliphatic heterocycles. The Morgan fingerprint density at radius 2 is 2.14 bits per heavy atom. The summed E-state index contributed by atoms with van der Waals surface area (Å²) >= 11 is 0. The fourth-order valence-corrected chi connectivity index (χ4v) is 3.81. The lowest BCUT2D eigenvalue weighted by atomic mass is 9.77. The van der Waals surface area contributed by atoms with Crippen LogP contribution in [0.15, 0.2) is 24.3 Å². The molecule has 0 amide bonds. The average molecular weight is 301 g/mol. The van der Waals surface area contributed by atoms with Gasteiger partial charge >= 0.3 is 5.97 Å². The molecule has 2 bridgehead atoms. The van der Waals surface area contributed by atoms with Crippen LogP contribution in [-0.2, 0) is 9.53 Å². The number of ether oxygens (including phenoxy) is 1. The quantitative estimate of drug-likeness (QED) is 0.673. The minimum absolute atomic E-state index is 0.133. The van der Waals surface area contributed by atoms with Gasteiger partial charge < -0.3 is 10.1 Å². The Kier molecular flexibility index (Phi) is 4.44. The van der Waals surface area contributed by atoms with E-state index in [9.17, 15) is 9.18 Å². The summed E-state index contributed by atoms with van der Waals surface area (Å²) in [6.07, 6.45) is 3.10. The summed E-state index contributed by atoms with van der Waals surface area (Å²) in [4.78, 5) is 12.2. The van der Waals surface area contributed by atoms with E-state index in [4.69, 9.17) is 4.74 Å². The zero-order valence-corrected chi connectivity index (χ0v) is 12.6. The van der Waals surface area contributed by atoms with Crippen molar-refractivity contribution in [3.8, 4) is 11.8 Å². The van der Waals surface area contributed by atoms with Crippen molar-refractivity contribution < 1.29 is 13.9 Å². The molecular weight excluding hydrogens is 281 g/mol. The van der Waals surface area contributed by atoms with Crippen LogP contribution in [0.1, 0.15) is 36.3 Å². The third kappa shape index (κ3) is 2.86. The van der Waals surface area contributed by atoms with Crippen molar-refractivity contribution in [1.82, 2.24) is 5.32 Å². The first-order chi connectivity index (χ1) is 10.7. The highest BCUT2D eigenvalue weighted by atomic mass is 19.1. The van der Waals surface area contributed by atoms with Gasteiger partial charge in [0.1, 0.15) is 0 Å². The summed E-state index contributed by atoms with van der Waals surface area (Å²) in [5.74, 6) is 5.10. The lowest BCUT2D eigenvalue weighted by Crippen LogP contribution is -2.48. The summed E-state index contributed by atoms with van der Waals surface area (Å²) in [5.41, 5.74) is 1.94. The van der Waals surface area contributed by atoms with Gasteiger partial charge in [-0.3, -0.25) is 4.79 Å². The molecule has 0 spiro atoms. The van der Waals surface area contributed by atoms with Crippen molar-refractivity contribution >= 4 is 5.97 Å². The Labute approximate surface area is 130 Å². The van der Waals surface area contributed by atoms with Gasteiger partial charge in [0.15, 0.2) is 6.67 Å². The van der Waals surface area contributed by atoms with Crippen LogP contribution in [0.5, 0.6) is 0 Å². The predicted octanol–water partition coefficient (Wildman–Crippen LogP) is 2.40. The summed E-state index contributed by atoms with van der Waals surface area (Å²) in [7, 11) is 1.45. The number of piperidine rings is 1. The molecule has 2 aliphatic rings. The third-order valence-corrected chi connectivity index (χ3v) is 4.79. The number of carbonyl (C=O) groups is 1. The van der Waals surface area contributed by atoms with Gasteiger partial charge in [-0.2, -0.15) is 0 Å². The lowest BCUT2D eigenvalue weighted by molar-refractivity contribution is -0.148. The van der Waals surface area contributed by atoms with Gasteiger partial charge in [0.25, 0.3) is 0 Å². The van der Waals surface area contributed by atoms with Gasteiger partial charge in [-0.25, -0.2) is 4.39 Å². The number of nitrogens with one attached hydrogen (secondary N) is 1. The molecule has 4 unspecified atom stereocenters. The SMILES string of the molecule is COC(=O)C1C2CCC(CC1c1ccc(C#CCF)cc1)N2. The number of benzene rings is 1. The summed E-state index contributed by atoms with van der Waals surface area (Å²) in [5, 5.41) is 3.53. The van der Waals surface area contributed by atoms with Crippen LogP contribution in [0.3, 0.4) is 0 Å². The number of hydrogen-bond donors (Lipinski definition) is 1. The van der Waals surface area contributed by atoms with Crippen molar-refractivity contribution in [3.05, 3.63) is 35.4 Å². The Balaban J connectivity index is 1.86. The highest BCUT2D eigenvalue weighted by Gasteiger charge is 2.46. The second kappa shape index (κ2) is 6.50. The van der Waals surface area contributed by atoms with Gasteiger partial charge in [0.2, 0.25) is 0 Å². The number of hydrogen-bond acceptors (Lipinski definition) is 3. The third-order valence-electron chi connectivity index (χ3n) is 4.79. The Hall–Kier alpha value is -1.86. The fourth-order valence-electron chi connectivity index (χ4n) is 3.81. The summed E-state index contributed by atoms with van der Waals surface area (Å²) in [6.45, 7) is -0.635.